The summed E-state index contributed by atoms with van der Waals surface area (Å²) in [5, 5.41) is 12.5. The SMILES string of the molecule is CNC1(C#N)CCC(N(C)CCC2CCC2)CC1. The summed E-state index contributed by atoms with van der Waals surface area (Å²) in [5.41, 5.74) is -0.245. The van der Waals surface area contributed by atoms with Crippen molar-refractivity contribution in [1.82, 2.24) is 10.2 Å². The van der Waals surface area contributed by atoms with E-state index in [-0.39, 0.29) is 5.54 Å². The largest absolute Gasteiger partial charge is 0.303 e. The van der Waals surface area contributed by atoms with Gasteiger partial charge in [0.1, 0.15) is 5.54 Å². The van der Waals surface area contributed by atoms with E-state index in [2.05, 4.69) is 23.3 Å². The Balaban J connectivity index is 1.73. The Hall–Kier alpha value is -0.590. The third-order valence-electron chi connectivity index (χ3n) is 5.24. The van der Waals surface area contributed by atoms with Gasteiger partial charge in [0, 0.05) is 6.04 Å². The standard InChI is InChI=1S/C15H27N3/c1-17-15(12-16)9-6-14(7-10-15)18(2)11-8-13-4-3-5-13/h13-14,17H,3-11H2,1-2H3. The van der Waals surface area contributed by atoms with Crippen molar-refractivity contribution in [2.45, 2.75) is 62.9 Å². The van der Waals surface area contributed by atoms with Crippen molar-refractivity contribution in [3.63, 3.8) is 0 Å². The molecule has 0 radical (unpaired) electrons. The van der Waals surface area contributed by atoms with Crippen molar-refractivity contribution in [3.05, 3.63) is 0 Å². The number of hydrogen-bond acceptors (Lipinski definition) is 3. The van der Waals surface area contributed by atoms with Crippen LogP contribution >= 0.6 is 0 Å². The molecule has 2 aliphatic carbocycles. The molecular weight excluding hydrogens is 222 g/mol. The van der Waals surface area contributed by atoms with Crippen LogP contribution in [0.4, 0.5) is 0 Å². The molecule has 102 valence electrons. The van der Waals surface area contributed by atoms with Gasteiger partial charge >= 0.3 is 0 Å². The monoisotopic (exact) mass is 249 g/mol. The topological polar surface area (TPSA) is 39.1 Å². The van der Waals surface area contributed by atoms with Crippen LogP contribution in [0.1, 0.15) is 51.4 Å². The summed E-state index contributed by atoms with van der Waals surface area (Å²) in [4.78, 5) is 2.54. The fourth-order valence-electron chi connectivity index (χ4n) is 3.30. The van der Waals surface area contributed by atoms with Gasteiger partial charge in [0.15, 0.2) is 0 Å². The number of rotatable bonds is 5. The molecule has 0 aromatic rings. The van der Waals surface area contributed by atoms with Gasteiger partial charge in [-0.05, 0) is 58.7 Å². The van der Waals surface area contributed by atoms with Crippen LogP contribution in [0, 0.1) is 17.2 Å². The van der Waals surface area contributed by atoms with E-state index in [1.54, 1.807) is 0 Å². The van der Waals surface area contributed by atoms with E-state index in [1.165, 1.54) is 32.2 Å². The van der Waals surface area contributed by atoms with Crippen molar-refractivity contribution in [2.24, 2.45) is 5.92 Å². The van der Waals surface area contributed by atoms with Crippen LogP contribution in [0.5, 0.6) is 0 Å². The van der Waals surface area contributed by atoms with Gasteiger partial charge in [0.05, 0.1) is 6.07 Å². The second kappa shape index (κ2) is 6.04. The first-order chi connectivity index (χ1) is 8.69. The van der Waals surface area contributed by atoms with E-state index < -0.39 is 0 Å². The van der Waals surface area contributed by atoms with Gasteiger partial charge in [-0.15, -0.1) is 0 Å². The molecule has 0 spiro atoms. The predicted molar refractivity (Wildman–Crippen MR) is 74.2 cm³/mol. The lowest BCUT2D eigenvalue weighted by molar-refractivity contribution is 0.140. The molecular formula is C15H27N3. The molecule has 3 heteroatoms. The molecule has 0 unspecified atom stereocenters. The molecule has 0 amide bonds. The van der Waals surface area contributed by atoms with Crippen molar-refractivity contribution in [2.75, 3.05) is 20.6 Å². The average Bonchev–Trinajstić information content (AvgIpc) is 2.37. The van der Waals surface area contributed by atoms with Crippen LogP contribution < -0.4 is 5.32 Å². The minimum absolute atomic E-state index is 0.245. The zero-order valence-electron chi connectivity index (χ0n) is 11.9. The summed E-state index contributed by atoms with van der Waals surface area (Å²) < 4.78 is 0. The molecule has 3 nitrogen and oxygen atoms in total. The number of hydrogen-bond donors (Lipinski definition) is 1. The third-order valence-corrected chi connectivity index (χ3v) is 5.24. The van der Waals surface area contributed by atoms with Gasteiger partial charge in [-0.2, -0.15) is 5.26 Å². The first-order valence-electron chi connectivity index (χ1n) is 7.49. The van der Waals surface area contributed by atoms with Gasteiger partial charge in [-0.1, -0.05) is 19.3 Å². The molecule has 2 rings (SSSR count). The summed E-state index contributed by atoms with van der Waals surface area (Å²) in [7, 11) is 4.19. The van der Waals surface area contributed by atoms with E-state index in [0.717, 1.165) is 31.6 Å². The smallest absolute Gasteiger partial charge is 0.106 e. The highest BCUT2D eigenvalue weighted by Gasteiger charge is 2.35. The lowest BCUT2D eigenvalue weighted by atomic mass is 9.79. The van der Waals surface area contributed by atoms with Gasteiger partial charge in [-0.25, -0.2) is 0 Å². The lowest BCUT2D eigenvalue weighted by Crippen LogP contribution is -2.48. The Kier molecular flexibility index (Phi) is 4.64. The van der Waals surface area contributed by atoms with E-state index >= 15 is 0 Å². The van der Waals surface area contributed by atoms with Gasteiger partial charge in [0.25, 0.3) is 0 Å². The Morgan fingerprint density at radius 1 is 1.28 bits per heavy atom. The molecule has 0 aromatic heterocycles. The zero-order valence-corrected chi connectivity index (χ0v) is 11.9. The van der Waals surface area contributed by atoms with Crippen LogP contribution in [0.3, 0.4) is 0 Å². The highest BCUT2D eigenvalue weighted by Crippen LogP contribution is 2.32. The predicted octanol–water partition coefficient (Wildman–Crippen LogP) is 2.53. The molecule has 0 heterocycles. The number of nitrogens with one attached hydrogen (secondary N) is 1. The Morgan fingerprint density at radius 2 is 1.94 bits per heavy atom. The minimum atomic E-state index is -0.245. The quantitative estimate of drug-likeness (QED) is 0.814. The van der Waals surface area contributed by atoms with E-state index in [0.29, 0.717) is 6.04 Å². The van der Waals surface area contributed by atoms with Crippen LogP contribution in [-0.4, -0.2) is 37.1 Å². The van der Waals surface area contributed by atoms with Crippen LogP contribution in [0.15, 0.2) is 0 Å². The van der Waals surface area contributed by atoms with E-state index in [4.69, 9.17) is 0 Å². The third kappa shape index (κ3) is 3.05. The highest BCUT2D eigenvalue weighted by molar-refractivity contribution is 5.09. The summed E-state index contributed by atoms with van der Waals surface area (Å²) in [5.74, 6) is 1.01. The van der Waals surface area contributed by atoms with Crippen molar-refractivity contribution < 1.29 is 0 Å². The van der Waals surface area contributed by atoms with Gasteiger partial charge < -0.3 is 10.2 Å². The first-order valence-corrected chi connectivity index (χ1v) is 7.49. The highest BCUT2D eigenvalue weighted by atomic mass is 15.1. The maximum Gasteiger partial charge on any atom is 0.106 e. The van der Waals surface area contributed by atoms with Crippen LogP contribution in [-0.2, 0) is 0 Å². The maximum atomic E-state index is 9.26. The normalized spacial score (nSPS) is 33.1. The second-order valence-corrected chi connectivity index (χ2v) is 6.24. The summed E-state index contributed by atoms with van der Waals surface area (Å²) in [6.07, 6.45) is 10.1. The molecule has 0 atom stereocenters. The van der Waals surface area contributed by atoms with Gasteiger partial charge in [-0.3, -0.25) is 0 Å². The van der Waals surface area contributed by atoms with Crippen molar-refractivity contribution in [1.29, 1.82) is 5.26 Å². The lowest BCUT2D eigenvalue weighted by Gasteiger charge is -2.39. The molecule has 0 aromatic carbocycles. The fourth-order valence-corrected chi connectivity index (χ4v) is 3.30. The van der Waals surface area contributed by atoms with Gasteiger partial charge in [0.2, 0.25) is 0 Å². The summed E-state index contributed by atoms with van der Waals surface area (Å²) in [6.45, 7) is 1.24. The molecule has 2 aliphatic rings. The molecule has 0 saturated heterocycles. The first kappa shape index (κ1) is 13.8. The summed E-state index contributed by atoms with van der Waals surface area (Å²) in [6, 6.07) is 3.16. The fraction of sp³-hybridized carbons (Fsp3) is 0.933. The molecule has 0 aliphatic heterocycles. The molecule has 18 heavy (non-hydrogen) atoms. The molecule has 1 N–H and O–H groups in total. The number of nitrogens with zero attached hydrogens (tertiary/aromatic N) is 2. The van der Waals surface area contributed by atoms with Crippen LogP contribution in [0.2, 0.25) is 0 Å². The Morgan fingerprint density at radius 3 is 2.39 bits per heavy atom. The molecule has 2 fully saturated rings. The Bertz CT molecular complexity index is 295. The molecule has 2 saturated carbocycles. The molecule has 0 bridgehead atoms. The minimum Gasteiger partial charge on any atom is -0.303 e. The van der Waals surface area contributed by atoms with Crippen LogP contribution in [0.25, 0.3) is 0 Å². The zero-order chi connectivity index (χ0) is 13.0. The summed E-state index contributed by atoms with van der Waals surface area (Å²) >= 11 is 0. The second-order valence-electron chi connectivity index (χ2n) is 6.24. The van der Waals surface area contributed by atoms with Crippen molar-refractivity contribution in [3.8, 4) is 6.07 Å². The van der Waals surface area contributed by atoms with E-state index in [1.807, 2.05) is 7.05 Å². The Labute approximate surface area is 112 Å². The average molecular weight is 249 g/mol. The van der Waals surface area contributed by atoms with E-state index in [9.17, 15) is 5.26 Å². The van der Waals surface area contributed by atoms with Crippen molar-refractivity contribution >= 4 is 0 Å². The number of nitriles is 1. The maximum absolute atomic E-state index is 9.26.